The zero-order valence-electron chi connectivity index (χ0n) is 9.73. The van der Waals surface area contributed by atoms with Gasteiger partial charge in [-0.1, -0.05) is 36.8 Å². The number of likely N-dealkylation sites (tertiary alicyclic amines) is 1. The van der Waals surface area contributed by atoms with Gasteiger partial charge < -0.3 is 5.73 Å². The maximum absolute atomic E-state index is 6.28. The first-order chi connectivity index (χ1) is 7.78. The average molecular weight is 216 g/mol. The molecular weight excluding hydrogens is 196 g/mol. The van der Waals surface area contributed by atoms with Crippen LogP contribution in [0, 0.1) is 5.41 Å². The number of rotatable bonds is 2. The summed E-state index contributed by atoms with van der Waals surface area (Å²) < 4.78 is 0. The molecule has 1 heterocycles. The van der Waals surface area contributed by atoms with Crippen molar-refractivity contribution < 1.29 is 0 Å². The molecule has 0 unspecified atom stereocenters. The number of nitrogens with zero attached hydrogens (tertiary/aromatic N) is 1. The second kappa shape index (κ2) is 3.86. The highest BCUT2D eigenvalue weighted by Gasteiger charge is 2.48. The standard InChI is InChI=1S/C14H20N2/c15-13-10-16(11-14(13)7-4-8-14)9-12-5-2-1-3-6-12/h1-3,5-6,13H,4,7-11,15H2/t13-/m0/s1. The van der Waals surface area contributed by atoms with Gasteiger partial charge in [0.05, 0.1) is 0 Å². The van der Waals surface area contributed by atoms with Gasteiger partial charge in [0, 0.05) is 25.7 Å². The van der Waals surface area contributed by atoms with Crippen molar-refractivity contribution in [2.75, 3.05) is 13.1 Å². The third-order valence-corrected chi connectivity index (χ3v) is 4.38. The van der Waals surface area contributed by atoms with Crippen LogP contribution in [-0.4, -0.2) is 24.0 Å². The van der Waals surface area contributed by atoms with Gasteiger partial charge in [-0.05, 0) is 23.8 Å². The molecule has 1 saturated heterocycles. The van der Waals surface area contributed by atoms with E-state index in [0.717, 1.165) is 13.1 Å². The summed E-state index contributed by atoms with van der Waals surface area (Å²) in [6, 6.07) is 11.1. The molecule has 1 aliphatic carbocycles. The van der Waals surface area contributed by atoms with E-state index in [4.69, 9.17) is 5.73 Å². The van der Waals surface area contributed by atoms with Crippen LogP contribution in [0.5, 0.6) is 0 Å². The quantitative estimate of drug-likeness (QED) is 0.819. The molecule has 16 heavy (non-hydrogen) atoms. The number of hydrogen-bond acceptors (Lipinski definition) is 2. The molecule has 1 aromatic carbocycles. The Balaban J connectivity index is 1.66. The van der Waals surface area contributed by atoms with Crippen LogP contribution in [0.2, 0.25) is 0 Å². The molecule has 2 fully saturated rings. The second-order valence-corrected chi connectivity index (χ2v) is 5.48. The lowest BCUT2D eigenvalue weighted by atomic mass is 9.66. The van der Waals surface area contributed by atoms with E-state index in [1.165, 1.54) is 31.4 Å². The van der Waals surface area contributed by atoms with Gasteiger partial charge in [-0.2, -0.15) is 0 Å². The molecule has 2 N–H and O–H groups in total. The van der Waals surface area contributed by atoms with E-state index in [0.29, 0.717) is 11.5 Å². The summed E-state index contributed by atoms with van der Waals surface area (Å²) in [5.41, 5.74) is 8.17. The molecule has 0 radical (unpaired) electrons. The molecule has 2 nitrogen and oxygen atoms in total. The summed E-state index contributed by atoms with van der Waals surface area (Å²) in [6.07, 6.45) is 4.08. The lowest BCUT2D eigenvalue weighted by molar-refractivity contribution is 0.122. The second-order valence-electron chi connectivity index (χ2n) is 5.48. The minimum atomic E-state index is 0.407. The highest BCUT2D eigenvalue weighted by Crippen LogP contribution is 2.47. The fourth-order valence-electron chi connectivity index (χ4n) is 3.22. The largest absolute Gasteiger partial charge is 0.326 e. The van der Waals surface area contributed by atoms with E-state index in [1.54, 1.807) is 0 Å². The molecule has 0 bridgehead atoms. The minimum Gasteiger partial charge on any atom is -0.326 e. The third kappa shape index (κ3) is 1.66. The van der Waals surface area contributed by atoms with Crippen molar-refractivity contribution in [2.24, 2.45) is 11.1 Å². The van der Waals surface area contributed by atoms with Gasteiger partial charge in [-0.15, -0.1) is 0 Å². The van der Waals surface area contributed by atoms with Gasteiger partial charge >= 0.3 is 0 Å². The first-order valence-corrected chi connectivity index (χ1v) is 6.30. The highest BCUT2D eigenvalue weighted by molar-refractivity contribution is 5.15. The van der Waals surface area contributed by atoms with Gasteiger partial charge in [0.15, 0.2) is 0 Å². The van der Waals surface area contributed by atoms with Crippen molar-refractivity contribution in [3.05, 3.63) is 35.9 Å². The van der Waals surface area contributed by atoms with Crippen molar-refractivity contribution in [1.29, 1.82) is 0 Å². The van der Waals surface area contributed by atoms with Crippen LogP contribution < -0.4 is 5.73 Å². The summed E-state index contributed by atoms with van der Waals surface area (Å²) in [6.45, 7) is 3.36. The van der Waals surface area contributed by atoms with Gasteiger partial charge in [0.2, 0.25) is 0 Å². The van der Waals surface area contributed by atoms with E-state index >= 15 is 0 Å². The van der Waals surface area contributed by atoms with Crippen molar-refractivity contribution in [2.45, 2.75) is 31.8 Å². The van der Waals surface area contributed by atoms with Crippen molar-refractivity contribution in [3.8, 4) is 0 Å². The summed E-state index contributed by atoms with van der Waals surface area (Å²) in [4.78, 5) is 2.53. The minimum absolute atomic E-state index is 0.407. The van der Waals surface area contributed by atoms with Crippen LogP contribution in [0.1, 0.15) is 24.8 Å². The molecule has 86 valence electrons. The molecule has 1 spiro atoms. The molecule has 2 heteroatoms. The van der Waals surface area contributed by atoms with Crippen LogP contribution in [0.3, 0.4) is 0 Å². The lowest BCUT2D eigenvalue weighted by Crippen LogP contribution is -2.45. The Morgan fingerprint density at radius 2 is 2.00 bits per heavy atom. The average Bonchev–Trinajstić information content (AvgIpc) is 2.56. The van der Waals surface area contributed by atoms with Crippen molar-refractivity contribution in [3.63, 3.8) is 0 Å². The van der Waals surface area contributed by atoms with E-state index in [2.05, 4.69) is 35.2 Å². The smallest absolute Gasteiger partial charge is 0.0237 e. The fraction of sp³-hybridized carbons (Fsp3) is 0.571. The van der Waals surface area contributed by atoms with E-state index < -0.39 is 0 Å². The van der Waals surface area contributed by atoms with Crippen LogP contribution in [0.15, 0.2) is 30.3 Å². The van der Waals surface area contributed by atoms with Crippen LogP contribution in [-0.2, 0) is 6.54 Å². The Hall–Kier alpha value is -0.860. The zero-order chi connectivity index (χ0) is 11.0. The third-order valence-electron chi connectivity index (χ3n) is 4.38. The molecular formula is C14H20N2. The topological polar surface area (TPSA) is 29.3 Å². The highest BCUT2D eigenvalue weighted by atomic mass is 15.2. The predicted molar refractivity (Wildman–Crippen MR) is 66.0 cm³/mol. The first-order valence-electron chi connectivity index (χ1n) is 6.30. The molecule has 2 aliphatic rings. The molecule has 1 aliphatic heterocycles. The summed E-state index contributed by atoms with van der Waals surface area (Å²) in [5.74, 6) is 0. The van der Waals surface area contributed by atoms with E-state index in [9.17, 15) is 0 Å². The number of benzene rings is 1. The summed E-state index contributed by atoms with van der Waals surface area (Å²) in [7, 11) is 0. The van der Waals surface area contributed by atoms with E-state index in [-0.39, 0.29) is 0 Å². The van der Waals surface area contributed by atoms with Gasteiger partial charge in [0.25, 0.3) is 0 Å². The van der Waals surface area contributed by atoms with Gasteiger partial charge in [-0.25, -0.2) is 0 Å². The summed E-state index contributed by atoms with van der Waals surface area (Å²) in [5, 5.41) is 0. The SMILES string of the molecule is N[C@H]1CN(Cc2ccccc2)CC12CCC2. The summed E-state index contributed by atoms with van der Waals surface area (Å²) >= 11 is 0. The van der Waals surface area contributed by atoms with Crippen LogP contribution >= 0.6 is 0 Å². The fourth-order valence-corrected chi connectivity index (χ4v) is 3.22. The molecule has 0 amide bonds. The maximum atomic E-state index is 6.28. The Kier molecular flexibility index (Phi) is 2.49. The van der Waals surface area contributed by atoms with Crippen molar-refractivity contribution in [1.82, 2.24) is 4.90 Å². The lowest BCUT2D eigenvalue weighted by Gasteiger charge is -2.41. The predicted octanol–water partition coefficient (Wildman–Crippen LogP) is 2.00. The van der Waals surface area contributed by atoms with Gasteiger partial charge in [0.1, 0.15) is 0 Å². The molecule has 1 aromatic rings. The van der Waals surface area contributed by atoms with E-state index in [1.807, 2.05) is 0 Å². The number of nitrogens with two attached hydrogens (primary N) is 1. The Labute approximate surface area is 97.4 Å². The van der Waals surface area contributed by atoms with Crippen molar-refractivity contribution >= 4 is 0 Å². The Morgan fingerprint density at radius 1 is 1.25 bits per heavy atom. The number of hydrogen-bond donors (Lipinski definition) is 1. The monoisotopic (exact) mass is 216 g/mol. The van der Waals surface area contributed by atoms with Crippen LogP contribution in [0.25, 0.3) is 0 Å². The van der Waals surface area contributed by atoms with Gasteiger partial charge in [-0.3, -0.25) is 4.90 Å². The maximum Gasteiger partial charge on any atom is 0.0237 e. The zero-order valence-corrected chi connectivity index (χ0v) is 9.73. The first kappa shape index (κ1) is 10.3. The molecule has 3 rings (SSSR count). The molecule has 1 saturated carbocycles. The Bertz CT molecular complexity index is 356. The Morgan fingerprint density at radius 3 is 2.56 bits per heavy atom. The normalized spacial score (nSPS) is 28.2. The van der Waals surface area contributed by atoms with Crippen LogP contribution in [0.4, 0.5) is 0 Å². The molecule has 1 atom stereocenters. The molecule has 0 aromatic heterocycles.